The Bertz CT molecular complexity index is 472. The highest BCUT2D eigenvalue weighted by Crippen LogP contribution is 2.13. The van der Waals surface area contributed by atoms with E-state index in [9.17, 15) is 9.59 Å². The molecule has 5 heteroatoms. The van der Waals surface area contributed by atoms with Crippen molar-refractivity contribution < 1.29 is 14.3 Å². The zero-order valence-corrected chi connectivity index (χ0v) is 11.5. The minimum absolute atomic E-state index is 0.299. The maximum atomic E-state index is 12.1. The van der Waals surface area contributed by atoms with Gasteiger partial charge in [-0.15, -0.1) is 0 Å². The zero-order valence-electron chi connectivity index (χ0n) is 11.5. The molecular weight excluding hydrogens is 244 g/mol. The molecule has 0 aromatic heterocycles. The molecule has 0 aliphatic rings. The molecule has 5 nitrogen and oxygen atoms in total. The van der Waals surface area contributed by atoms with Gasteiger partial charge >= 0.3 is 5.97 Å². The van der Waals surface area contributed by atoms with Gasteiger partial charge in [0.25, 0.3) is 5.91 Å². The summed E-state index contributed by atoms with van der Waals surface area (Å²) in [6, 6.07) is 4.40. The van der Waals surface area contributed by atoms with Crippen LogP contribution in [-0.4, -0.2) is 25.0 Å². The SMILES string of the molecule is CCCC(NC(=O)c1ccc(N)c(C)c1)C(=O)OC. The third-order valence-corrected chi connectivity index (χ3v) is 2.90. The Kier molecular flexibility index (Phi) is 5.36. The number of ether oxygens (including phenoxy) is 1. The predicted octanol–water partition coefficient (Wildman–Crippen LogP) is 1.65. The Morgan fingerprint density at radius 1 is 1.42 bits per heavy atom. The molecule has 19 heavy (non-hydrogen) atoms. The van der Waals surface area contributed by atoms with Gasteiger partial charge in [-0.05, 0) is 37.1 Å². The summed E-state index contributed by atoms with van der Waals surface area (Å²) in [4.78, 5) is 23.6. The van der Waals surface area contributed by atoms with Gasteiger partial charge in [0.2, 0.25) is 0 Å². The molecule has 0 bridgehead atoms. The molecule has 1 unspecified atom stereocenters. The van der Waals surface area contributed by atoms with Gasteiger partial charge in [0.05, 0.1) is 7.11 Å². The van der Waals surface area contributed by atoms with Crippen LogP contribution in [0.3, 0.4) is 0 Å². The van der Waals surface area contributed by atoms with Crippen LogP contribution in [0.5, 0.6) is 0 Å². The molecule has 1 rings (SSSR count). The Morgan fingerprint density at radius 3 is 2.63 bits per heavy atom. The maximum Gasteiger partial charge on any atom is 0.328 e. The average Bonchev–Trinajstić information content (AvgIpc) is 2.40. The van der Waals surface area contributed by atoms with Crippen molar-refractivity contribution in [1.82, 2.24) is 5.32 Å². The molecule has 3 N–H and O–H groups in total. The van der Waals surface area contributed by atoms with E-state index in [1.54, 1.807) is 18.2 Å². The van der Waals surface area contributed by atoms with E-state index >= 15 is 0 Å². The molecule has 1 aromatic rings. The van der Waals surface area contributed by atoms with Crippen LogP contribution in [0.4, 0.5) is 5.69 Å². The predicted molar refractivity (Wildman–Crippen MR) is 73.8 cm³/mol. The number of esters is 1. The second-order valence-electron chi connectivity index (χ2n) is 4.41. The summed E-state index contributed by atoms with van der Waals surface area (Å²) in [6.45, 7) is 3.77. The van der Waals surface area contributed by atoms with Crippen LogP contribution in [0.25, 0.3) is 0 Å². The topological polar surface area (TPSA) is 81.4 Å². The van der Waals surface area contributed by atoms with E-state index in [4.69, 9.17) is 5.73 Å². The number of hydrogen-bond donors (Lipinski definition) is 2. The number of nitrogens with two attached hydrogens (primary N) is 1. The number of anilines is 1. The lowest BCUT2D eigenvalue weighted by atomic mass is 10.1. The monoisotopic (exact) mass is 264 g/mol. The van der Waals surface area contributed by atoms with Gasteiger partial charge in [-0.25, -0.2) is 4.79 Å². The van der Waals surface area contributed by atoms with E-state index in [1.807, 2.05) is 13.8 Å². The van der Waals surface area contributed by atoms with Crippen molar-refractivity contribution in [2.24, 2.45) is 0 Å². The highest BCUT2D eigenvalue weighted by atomic mass is 16.5. The highest BCUT2D eigenvalue weighted by molar-refractivity contribution is 5.97. The molecule has 0 aliphatic carbocycles. The van der Waals surface area contributed by atoms with Crippen molar-refractivity contribution in [3.63, 3.8) is 0 Å². The summed E-state index contributed by atoms with van der Waals surface area (Å²) in [5, 5.41) is 2.68. The Hall–Kier alpha value is -2.04. The van der Waals surface area contributed by atoms with E-state index < -0.39 is 12.0 Å². The van der Waals surface area contributed by atoms with Gasteiger partial charge in [0.15, 0.2) is 0 Å². The number of methoxy groups -OCH3 is 1. The summed E-state index contributed by atoms with van der Waals surface area (Å²) < 4.78 is 4.67. The van der Waals surface area contributed by atoms with Crippen LogP contribution in [0, 0.1) is 6.92 Å². The van der Waals surface area contributed by atoms with E-state index in [0.29, 0.717) is 17.7 Å². The lowest BCUT2D eigenvalue weighted by molar-refractivity contribution is -0.143. The number of nitrogens with one attached hydrogen (secondary N) is 1. The first-order valence-corrected chi connectivity index (χ1v) is 6.24. The summed E-state index contributed by atoms with van der Waals surface area (Å²) >= 11 is 0. The van der Waals surface area contributed by atoms with Crippen molar-refractivity contribution in [3.05, 3.63) is 29.3 Å². The minimum Gasteiger partial charge on any atom is -0.467 e. The molecular formula is C14H20N2O3. The van der Waals surface area contributed by atoms with Crippen molar-refractivity contribution in [2.75, 3.05) is 12.8 Å². The van der Waals surface area contributed by atoms with Gasteiger partial charge in [-0.2, -0.15) is 0 Å². The summed E-state index contributed by atoms with van der Waals surface area (Å²) in [5.41, 5.74) is 7.65. The van der Waals surface area contributed by atoms with E-state index in [0.717, 1.165) is 12.0 Å². The molecule has 0 saturated carbocycles. The van der Waals surface area contributed by atoms with Crippen LogP contribution in [-0.2, 0) is 9.53 Å². The molecule has 0 saturated heterocycles. The summed E-state index contributed by atoms with van der Waals surface area (Å²) in [5.74, 6) is -0.727. The Labute approximate surface area is 113 Å². The van der Waals surface area contributed by atoms with E-state index in [2.05, 4.69) is 10.1 Å². The third kappa shape index (κ3) is 3.98. The molecule has 0 fully saturated rings. The number of hydrogen-bond acceptors (Lipinski definition) is 4. The highest BCUT2D eigenvalue weighted by Gasteiger charge is 2.21. The average molecular weight is 264 g/mol. The molecule has 0 aliphatic heterocycles. The number of carbonyl (C=O) groups excluding carboxylic acids is 2. The molecule has 0 spiro atoms. The van der Waals surface area contributed by atoms with E-state index in [1.165, 1.54) is 7.11 Å². The maximum absolute atomic E-state index is 12.1. The lowest BCUT2D eigenvalue weighted by Crippen LogP contribution is -2.41. The molecule has 1 atom stereocenters. The first-order chi connectivity index (χ1) is 8.99. The van der Waals surface area contributed by atoms with Crippen LogP contribution in [0.2, 0.25) is 0 Å². The minimum atomic E-state index is -0.611. The van der Waals surface area contributed by atoms with E-state index in [-0.39, 0.29) is 5.91 Å². The normalized spacial score (nSPS) is 11.7. The number of amides is 1. The number of aryl methyl sites for hydroxylation is 1. The smallest absolute Gasteiger partial charge is 0.328 e. The number of carbonyl (C=O) groups is 2. The fourth-order valence-electron chi connectivity index (χ4n) is 1.74. The molecule has 0 heterocycles. The van der Waals surface area contributed by atoms with Crippen molar-refractivity contribution in [2.45, 2.75) is 32.7 Å². The van der Waals surface area contributed by atoms with Gasteiger partial charge in [0.1, 0.15) is 6.04 Å². The zero-order chi connectivity index (χ0) is 14.4. The second kappa shape index (κ2) is 6.78. The molecule has 1 amide bonds. The molecule has 1 aromatic carbocycles. The van der Waals surface area contributed by atoms with Crippen molar-refractivity contribution >= 4 is 17.6 Å². The number of nitrogen functional groups attached to an aromatic ring is 1. The Morgan fingerprint density at radius 2 is 2.11 bits per heavy atom. The van der Waals surface area contributed by atoms with Crippen LogP contribution in [0.1, 0.15) is 35.7 Å². The fourth-order valence-corrected chi connectivity index (χ4v) is 1.74. The number of rotatable bonds is 5. The largest absolute Gasteiger partial charge is 0.467 e. The first-order valence-electron chi connectivity index (χ1n) is 6.24. The van der Waals surface area contributed by atoms with Crippen LogP contribution in [0.15, 0.2) is 18.2 Å². The van der Waals surface area contributed by atoms with Gasteiger partial charge < -0.3 is 15.8 Å². The van der Waals surface area contributed by atoms with Crippen molar-refractivity contribution in [3.8, 4) is 0 Å². The Balaban J connectivity index is 2.81. The molecule has 104 valence electrons. The first kappa shape index (κ1) is 15.0. The van der Waals surface area contributed by atoms with Crippen molar-refractivity contribution in [1.29, 1.82) is 0 Å². The standard InChI is InChI=1S/C14H20N2O3/c1-4-5-12(14(18)19-3)16-13(17)10-6-7-11(15)9(2)8-10/h6-8,12H,4-5,15H2,1-3H3,(H,16,17). The fraction of sp³-hybridized carbons (Fsp3) is 0.429. The lowest BCUT2D eigenvalue weighted by Gasteiger charge is -2.16. The van der Waals surface area contributed by atoms with Crippen LogP contribution >= 0.6 is 0 Å². The van der Waals surface area contributed by atoms with Crippen LogP contribution < -0.4 is 11.1 Å². The molecule has 0 radical (unpaired) electrons. The van der Waals surface area contributed by atoms with Gasteiger partial charge in [0, 0.05) is 11.3 Å². The summed E-state index contributed by atoms with van der Waals surface area (Å²) in [6.07, 6.45) is 1.33. The third-order valence-electron chi connectivity index (χ3n) is 2.90. The quantitative estimate of drug-likeness (QED) is 0.626. The number of benzene rings is 1. The van der Waals surface area contributed by atoms with Gasteiger partial charge in [-0.1, -0.05) is 13.3 Å². The van der Waals surface area contributed by atoms with Gasteiger partial charge in [-0.3, -0.25) is 4.79 Å². The summed E-state index contributed by atoms with van der Waals surface area (Å²) in [7, 11) is 1.31. The second-order valence-corrected chi connectivity index (χ2v) is 4.41.